The first-order chi connectivity index (χ1) is 13.6. The van der Waals surface area contributed by atoms with E-state index in [2.05, 4.69) is 10.5 Å². The molecule has 30 heavy (non-hydrogen) atoms. The Bertz CT molecular complexity index is 1040. The summed E-state index contributed by atoms with van der Waals surface area (Å²) in [4.78, 5) is 38.3. The molecule has 2 aromatic rings. The molecule has 4 rings (SSSR count). The number of rotatable bonds is 4. The Morgan fingerprint density at radius 3 is 2.63 bits per heavy atom. The SMILES string of the molecule is CC1(C)SC2C(N[13C](=O)[13c]3c(-c4ccccc4Cl)no[13c]3[13CH3])C(=O)N2C1C(=O)[O-].[Na+]. The van der Waals surface area contributed by atoms with Crippen LogP contribution in [-0.4, -0.2) is 50.0 Å². The Morgan fingerprint density at radius 1 is 1.33 bits per heavy atom. The van der Waals surface area contributed by atoms with E-state index in [1.54, 1.807) is 45.0 Å². The zero-order valence-electron chi connectivity index (χ0n) is 16.8. The number of β-lactam (4-membered cyclic amide) rings is 1. The summed E-state index contributed by atoms with van der Waals surface area (Å²) in [5, 5.41) is 18.1. The third-order valence-corrected chi connectivity index (χ3v) is 7.07. The van der Waals surface area contributed by atoms with Crippen molar-refractivity contribution in [1.29, 1.82) is 0 Å². The first-order valence-corrected chi connectivity index (χ1v) is 10.1. The van der Waals surface area contributed by atoms with Gasteiger partial charge in [0.2, 0.25) is 5.91 Å². The molecule has 1 N–H and O–H groups in total. The number of amides is 2. The molecule has 2 aliphatic heterocycles. The maximum absolute atomic E-state index is 13.0. The van der Waals surface area contributed by atoms with Gasteiger partial charge in [0.1, 0.15) is 28.4 Å². The van der Waals surface area contributed by atoms with Crippen molar-refractivity contribution < 1.29 is 53.6 Å². The molecule has 2 amide bonds. The minimum absolute atomic E-state index is 0. The maximum atomic E-state index is 13.0. The second-order valence-corrected chi connectivity index (χ2v) is 9.65. The van der Waals surface area contributed by atoms with Gasteiger partial charge in [0.25, 0.3) is 5.91 Å². The molecule has 0 spiro atoms. The van der Waals surface area contributed by atoms with Crippen LogP contribution in [0.25, 0.3) is 11.3 Å². The molecule has 2 fully saturated rings. The van der Waals surface area contributed by atoms with E-state index in [-0.39, 0.29) is 46.6 Å². The molecule has 1 aromatic carbocycles. The van der Waals surface area contributed by atoms with Gasteiger partial charge in [-0.05, 0) is 26.8 Å². The Labute approximate surface area is 204 Å². The number of nitrogens with one attached hydrogen (secondary N) is 1. The van der Waals surface area contributed by atoms with E-state index < -0.39 is 40.0 Å². The topological polar surface area (TPSA) is 116 Å². The molecule has 152 valence electrons. The van der Waals surface area contributed by atoms with E-state index in [1.165, 1.54) is 16.7 Å². The van der Waals surface area contributed by atoms with Crippen molar-refractivity contribution in [2.45, 2.75) is 43.0 Å². The van der Waals surface area contributed by atoms with Crippen LogP contribution in [0.3, 0.4) is 0 Å². The van der Waals surface area contributed by atoms with E-state index in [0.29, 0.717) is 10.6 Å². The molecule has 8 nitrogen and oxygen atoms in total. The smallest absolute Gasteiger partial charge is 0.548 e. The van der Waals surface area contributed by atoms with E-state index >= 15 is 0 Å². The summed E-state index contributed by atoms with van der Waals surface area (Å²) in [5.41, 5.74) is 0.996. The van der Waals surface area contributed by atoms with Gasteiger partial charge in [-0.1, -0.05) is 35.0 Å². The molecule has 3 atom stereocenters. The number of thioether (sulfide) groups is 1. The molecule has 2 saturated heterocycles. The van der Waals surface area contributed by atoms with Gasteiger partial charge in [0, 0.05) is 10.3 Å². The molecule has 3 heterocycles. The summed E-state index contributed by atoms with van der Waals surface area (Å²) >= 11 is 7.54. The average Bonchev–Trinajstić information content (AvgIpc) is 3.15. The van der Waals surface area contributed by atoms with E-state index in [4.69, 9.17) is 16.1 Å². The molecule has 1 aromatic heterocycles. The number of carboxylic acids is 1. The second kappa shape index (κ2) is 8.20. The van der Waals surface area contributed by atoms with Crippen LogP contribution in [0, 0.1) is 6.92 Å². The van der Waals surface area contributed by atoms with Gasteiger partial charge in [-0.15, -0.1) is 11.8 Å². The predicted octanol–water partition coefficient (Wildman–Crippen LogP) is -1.78. The van der Waals surface area contributed by atoms with Crippen molar-refractivity contribution in [3.05, 3.63) is 40.6 Å². The Kier molecular flexibility index (Phi) is 6.33. The van der Waals surface area contributed by atoms with Crippen molar-refractivity contribution in [3.8, 4) is 11.3 Å². The molecule has 0 saturated carbocycles. The summed E-state index contributed by atoms with van der Waals surface area (Å²) in [5.74, 6) is -2.01. The Balaban J connectivity index is 0.00000256. The summed E-state index contributed by atoms with van der Waals surface area (Å²) in [6.07, 6.45) is 0. The first-order valence-electron chi connectivity index (χ1n) is 8.86. The summed E-state index contributed by atoms with van der Waals surface area (Å²) < 4.78 is 4.47. The van der Waals surface area contributed by atoms with Crippen LogP contribution in [0.1, 0.15) is 30.0 Å². The number of hydrogen-bond donors (Lipinski definition) is 1. The third kappa shape index (κ3) is 3.56. The number of nitrogens with zero attached hydrogens (tertiary/aromatic N) is 2. The van der Waals surface area contributed by atoms with Crippen molar-refractivity contribution >= 4 is 41.1 Å². The largest absolute Gasteiger partial charge is 1.00 e. The maximum Gasteiger partial charge on any atom is 1.00 e. The van der Waals surface area contributed by atoms with Gasteiger partial charge in [-0.2, -0.15) is 0 Å². The summed E-state index contributed by atoms with van der Waals surface area (Å²) in [6, 6.07) is 5.02. The number of halogens is 1. The van der Waals surface area contributed by atoms with Crippen LogP contribution in [0.15, 0.2) is 28.8 Å². The summed E-state index contributed by atoms with van der Waals surface area (Å²) in [7, 11) is 0. The second-order valence-electron chi connectivity index (χ2n) is 7.47. The number of carbonyl (C=O) groups excluding carboxylic acids is 3. The number of aliphatic carboxylic acids is 1. The molecule has 11 heteroatoms. The van der Waals surface area contributed by atoms with Crippen molar-refractivity contribution in [2.24, 2.45) is 0 Å². The molecular weight excluding hydrogens is 445 g/mol. The number of carboxylic acid groups (broad SMARTS) is 1. The van der Waals surface area contributed by atoms with Gasteiger partial charge >= 0.3 is 29.6 Å². The Hall–Kier alpha value is -1.52. The fourth-order valence-corrected chi connectivity index (χ4v) is 5.66. The summed E-state index contributed by atoms with van der Waals surface area (Å²) in [6.45, 7) is 5.07. The van der Waals surface area contributed by atoms with Crippen molar-refractivity contribution in [2.75, 3.05) is 0 Å². The van der Waals surface area contributed by atoms with Crippen LogP contribution >= 0.6 is 23.4 Å². The van der Waals surface area contributed by atoms with Crippen LogP contribution in [0.4, 0.5) is 0 Å². The number of fused-ring (bicyclic) bond motifs is 1. The monoisotopic (exact) mass is 461 g/mol. The normalized spacial score (nSPS) is 23.9. The molecule has 0 bridgehead atoms. The first kappa shape index (κ1) is 23.1. The molecule has 2 aliphatic rings. The standard InChI is InChI=1S/C19H18ClN3O5S.Na/c1-8-11(12(22-28-8)9-6-4-5-7-10(9)20)15(24)21-13-16(25)23-14(18(26)27)19(2,3)29-17(13)23;/h4-7,13-14,17H,1-3H3,(H,21,24)(H,26,27);/q;+1/p-1/i1+1,8+1,11+1,15+1;. The number of hydrogen-bond acceptors (Lipinski definition) is 7. The fourth-order valence-electron chi connectivity index (χ4n) is 3.82. The molecular formula is C19H17ClN3NaO5S. The van der Waals surface area contributed by atoms with Crippen LogP contribution < -0.4 is 40.0 Å². The van der Waals surface area contributed by atoms with Gasteiger partial charge in [-0.3, -0.25) is 9.59 Å². The minimum Gasteiger partial charge on any atom is -0.548 e. The zero-order chi connectivity index (χ0) is 21.1. The Morgan fingerprint density at radius 2 is 2.00 bits per heavy atom. The van der Waals surface area contributed by atoms with Gasteiger partial charge in [-0.25, -0.2) is 0 Å². The number of benzene rings is 1. The fraction of sp³-hybridized carbons (Fsp3) is 0.368. The number of carbonyl (C=O) groups is 3. The molecule has 3 unspecified atom stereocenters. The van der Waals surface area contributed by atoms with Crippen LogP contribution in [0.5, 0.6) is 0 Å². The van der Waals surface area contributed by atoms with Gasteiger partial charge in [0.05, 0.1) is 17.0 Å². The zero-order valence-corrected chi connectivity index (χ0v) is 20.3. The van der Waals surface area contributed by atoms with Crippen LogP contribution in [0.2, 0.25) is 5.02 Å². The van der Waals surface area contributed by atoms with Crippen molar-refractivity contribution in [1.82, 2.24) is 15.4 Å². The third-order valence-electron chi connectivity index (χ3n) is 5.17. The van der Waals surface area contributed by atoms with Gasteiger partial charge in [0.15, 0.2) is 0 Å². The number of aromatic nitrogens is 1. The quantitative estimate of drug-likeness (QED) is 0.325. The molecule has 0 radical (unpaired) electrons. The van der Waals surface area contributed by atoms with E-state index in [9.17, 15) is 19.5 Å². The van der Waals surface area contributed by atoms with E-state index in [0.717, 1.165) is 0 Å². The van der Waals surface area contributed by atoms with E-state index in [1.807, 2.05) is 0 Å². The van der Waals surface area contributed by atoms with Crippen molar-refractivity contribution in [3.63, 3.8) is 0 Å². The molecule has 0 aliphatic carbocycles. The average molecular weight is 462 g/mol. The van der Waals surface area contributed by atoms with Gasteiger partial charge < -0.3 is 24.6 Å². The number of aryl methyl sites for hydroxylation is 1. The minimum atomic E-state index is -1.31. The van der Waals surface area contributed by atoms with Crippen LogP contribution in [-0.2, 0) is 9.59 Å². The predicted molar refractivity (Wildman–Crippen MR) is 104 cm³/mol.